The number of hydrogen-bond donors (Lipinski definition) is 0. The molecule has 1 aromatic rings. The Morgan fingerprint density at radius 1 is 1.10 bits per heavy atom. The standard InChI is InChI=1S/C23H33N3O3/c1-17-9-12-24(13-10-17)22(27)16-29-21-8-4-3-6-19(21)14-25-15-20-7-5-11-26(20)23(28)18(25)2/h3-4,6,8,17-18,20H,5,7,9-16H2,1-2H3/t18-,20+/m0/s1. The molecular weight excluding hydrogens is 366 g/mol. The zero-order valence-corrected chi connectivity index (χ0v) is 17.7. The van der Waals surface area contributed by atoms with Crippen molar-refractivity contribution in [2.24, 2.45) is 5.92 Å². The van der Waals surface area contributed by atoms with Crippen LogP contribution in [0.15, 0.2) is 24.3 Å². The number of carbonyl (C=O) groups is 2. The number of para-hydroxylation sites is 1. The molecule has 29 heavy (non-hydrogen) atoms. The van der Waals surface area contributed by atoms with Crippen LogP contribution in [-0.4, -0.2) is 71.4 Å². The van der Waals surface area contributed by atoms with E-state index in [-0.39, 0.29) is 24.5 Å². The molecule has 3 saturated heterocycles. The lowest BCUT2D eigenvalue weighted by molar-refractivity contribution is -0.143. The van der Waals surface area contributed by atoms with Crippen molar-refractivity contribution in [3.8, 4) is 5.75 Å². The highest BCUT2D eigenvalue weighted by Crippen LogP contribution is 2.29. The molecule has 3 fully saturated rings. The van der Waals surface area contributed by atoms with Crippen LogP contribution in [-0.2, 0) is 16.1 Å². The number of nitrogens with zero attached hydrogens (tertiary/aromatic N) is 3. The van der Waals surface area contributed by atoms with E-state index in [9.17, 15) is 9.59 Å². The zero-order valence-electron chi connectivity index (χ0n) is 17.7. The van der Waals surface area contributed by atoms with Gasteiger partial charge in [0.2, 0.25) is 5.91 Å². The minimum absolute atomic E-state index is 0.0646. The van der Waals surface area contributed by atoms with Gasteiger partial charge in [-0.05, 0) is 44.6 Å². The lowest BCUT2D eigenvalue weighted by atomic mass is 9.99. The molecule has 0 saturated carbocycles. The molecule has 0 unspecified atom stereocenters. The predicted octanol–water partition coefficient (Wildman–Crippen LogP) is 2.52. The Morgan fingerprint density at radius 3 is 2.66 bits per heavy atom. The maximum Gasteiger partial charge on any atom is 0.260 e. The van der Waals surface area contributed by atoms with Gasteiger partial charge < -0.3 is 14.5 Å². The van der Waals surface area contributed by atoms with Crippen molar-refractivity contribution in [2.45, 2.75) is 58.2 Å². The van der Waals surface area contributed by atoms with Crippen molar-refractivity contribution in [3.05, 3.63) is 29.8 Å². The van der Waals surface area contributed by atoms with E-state index < -0.39 is 0 Å². The summed E-state index contributed by atoms with van der Waals surface area (Å²) in [6.45, 7) is 8.46. The van der Waals surface area contributed by atoms with Crippen molar-refractivity contribution < 1.29 is 14.3 Å². The first kappa shape index (κ1) is 20.2. The fraction of sp³-hybridized carbons (Fsp3) is 0.652. The van der Waals surface area contributed by atoms with Crippen LogP contribution in [0.1, 0.15) is 45.1 Å². The van der Waals surface area contributed by atoms with E-state index in [2.05, 4.69) is 16.7 Å². The van der Waals surface area contributed by atoms with Gasteiger partial charge in [-0.1, -0.05) is 25.1 Å². The van der Waals surface area contributed by atoms with E-state index in [4.69, 9.17) is 4.74 Å². The number of amides is 2. The van der Waals surface area contributed by atoms with Crippen molar-refractivity contribution >= 4 is 11.8 Å². The van der Waals surface area contributed by atoms with Crippen LogP contribution in [0.2, 0.25) is 0 Å². The minimum atomic E-state index is -0.116. The van der Waals surface area contributed by atoms with Crippen LogP contribution in [0.4, 0.5) is 0 Å². The predicted molar refractivity (Wildman–Crippen MR) is 112 cm³/mol. The largest absolute Gasteiger partial charge is 0.483 e. The fourth-order valence-corrected chi connectivity index (χ4v) is 4.82. The lowest BCUT2D eigenvalue weighted by Crippen LogP contribution is -2.58. The monoisotopic (exact) mass is 399 g/mol. The Morgan fingerprint density at radius 2 is 1.86 bits per heavy atom. The van der Waals surface area contributed by atoms with Crippen molar-refractivity contribution in [2.75, 3.05) is 32.8 Å². The third kappa shape index (κ3) is 4.42. The van der Waals surface area contributed by atoms with Gasteiger partial charge in [0.15, 0.2) is 6.61 Å². The van der Waals surface area contributed by atoms with Crippen LogP contribution >= 0.6 is 0 Å². The van der Waals surface area contributed by atoms with Crippen LogP contribution in [0.25, 0.3) is 0 Å². The third-order valence-electron chi connectivity index (χ3n) is 6.84. The number of ether oxygens (including phenoxy) is 1. The van der Waals surface area contributed by atoms with Crippen molar-refractivity contribution in [1.82, 2.24) is 14.7 Å². The molecule has 0 spiro atoms. The average Bonchev–Trinajstić information content (AvgIpc) is 3.20. The molecule has 3 heterocycles. The Labute approximate surface area is 173 Å². The molecule has 4 rings (SSSR count). The summed E-state index contributed by atoms with van der Waals surface area (Å²) in [7, 11) is 0. The molecule has 0 radical (unpaired) electrons. The van der Waals surface area contributed by atoms with E-state index in [0.29, 0.717) is 18.5 Å². The molecule has 1 aromatic carbocycles. The zero-order chi connectivity index (χ0) is 20.4. The van der Waals surface area contributed by atoms with Crippen LogP contribution in [0, 0.1) is 5.92 Å². The maximum atomic E-state index is 12.7. The number of fused-ring (bicyclic) bond motifs is 1. The molecule has 2 atom stereocenters. The second-order valence-corrected chi connectivity index (χ2v) is 8.89. The van der Waals surface area contributed by atoms with Crippen LogP contribution < -0.4 is 4.74 Å². The normalized spacial score (nSPS) is 25.9. The number of rotatable bonds is 5. The third-order valence-corrected chi connectivity index (χ3v) is 6.84. The Balaban J connectivity index is 1.38. The Kier molecular flexibility index (Phi) is 6.09. The summed E-state index contributed by atoms with van der Waals surface area (Å²) in [5.41, 5.74) is 1.04. The molecule has 3 aliphatic heterocycles. The first-order valence-electron chi connectivity index (χ1n) is 11.1. The first-order valence-corrected chi connectivity index (χ1v) is 11.1. The minimum Gasteiger partial charge on any atom is -0.483 e. The average molecular weight is 400 g/mol. The van der Waals surface area contributed by atoms with E-state index in [1.807, 2.05) is 36.1 Å². The van der Waals surface area contributed by atoms with Gasteiger partial charge in [-0.3, -0.25) is 14.5 Å². The molecule has 0 aromatic heterocycles. The summed E-state index contributed by atoms with van der Waals surface area (Å²) in [4.78, 5) is 31.5. The summed E-state index contributed by atoms with van der Waals surface area (Å²) >= 11 is 0. The first-order chi connectivity index (χ1) is 14.0. The van der Waals surface area contributed by atoms with Crippen molar-refractivity contribution in [3.63, 3.8) is 0 Å². The molecular formula is C23H33N3O3. The number of benzene rings is 1. The molecule has 2 amide bonds. The van der Waals surface area contributed by atoms with Crippen LogP contribution in [0.5, 0.6) is 5.75 Å². The Bertz CT molecular complexity index is 745. The summed E-state index contributed by atoms with van der Waals surface area (Å²) in [5.74, 6) is 1.76. The number of carbonyl (C=O) groups excluding carboxylic acids is 2. The van der Waals surface area contributed by atoms with E-state index in [0.717, 1.165) is 63.2 Å². The molecule has 158 valence electrons. The quantitative estimate of drug-likeness (QED) is 0.764. The van der Waals surface area contributed by atoms with Crippen molar-refractivity contribution in [1.29, 1.82) is 0 Å². The molecule has 0 N–H and O–H groups in total. The lowest BCUT2D eigenvalue weighted by Gasteiger charge is -2.41. The number of likely N-dealkylation sites (tertiary alicyclic amines) is 1. The van der Waals surface area contributed by atoms with E-state index in [1.165, 1.54) is 0 Å². The molecule has 6 nitrogen and oxygen atoms in total. The summed E-state index contributed by atoms with van der Waals surface area (Å²) in [5, 5.41) is 0. The van der Waals surface area contributed by atoms with Gasteiger partial charge in [-0.2, -0.15) is 0 Å². The maximum absolute atomic E-state index is 12.7. The highest BCUT2D eigenvalue weighted by Gasteiger charge is 2.40. The molecule has 0 bridgehead atoms. The SMILES string of the molecule is CC1CCN(C(=O)COc2ccccc2CN2C[C@H]3CCCN3C(=O)[C@@H]2C)CC1. The second kappa shape index (κ2) is 8.74. The molecule has 0 aliphatic carbocycles. The summed E-state index contributed by atoms with van der Waals surface area (Å²) in [6.07, 6.45) is 4.34. The van der Waals surface area contributed by atoms with Gasteiger partial charge >= 0.3 is 0 Å². The van der Waals surface area contributed by atoms with E-state index >= 15 is 0 Å². The summed E-state index contributed by atoms with van der Waals surface area (Å²) < 4.78 is 5.96. The molecule has 6 heteroatoms. The number of hydrogen-bond acceptors (Lipinski definition) is 4. The topological polar surface area (TPSA) is 53.1 Å². The van der Waals surface area contributed by atoms with Crippen LogP contribution in [0.3, 0.4) is 0 Å². The van der Waals surface area contributed by atoms with Gasteiger partial charge in [-0.25, -0.2) is 0 Å². The van der Waals surface area contributed by atoms with Gasteiger partial charge in [0.1, 0.15) is 5.75 Å². The number of piperazine rings is 1. The smallest absolute Gasteiger partial charge is 0.260 e. The highest BCUT2D eigenvalue weighted by molar-refractivity contribution is 5.83. The second-order valence-electron chi connectivity index (χ2n) is 8.89. The van der Waals surface area contributed by atoms with E-state index in [1.54, 1.807) is 0 Å². The van der Waals surface area contributed by atoms with Gasteiger partial charge in [0, 0.05) is 44.3 Å². The fourth-order valence-electron chi connectivity index (χ4n) is 4.82. The van der Waals surface area contributed by atoms with Gasteiger partial charge in [-0.15, -0.1) is 0 Å². The van der Waals surface area contributed by atoms with Gasteiger partial charge in [0.25, 0.3) is 5.91 Å². The highest BCUT2D eigenvalue weighted by atomic mass is 16.5. The number of piperidine rings is 1. The molecule has 3 aliphatic rings. The Hall–Kier alpha value is -2.08. The van der Waals surface area contributed by atoms with Gasteiger partial charge in [0.05, 0.1) is 6.04 Å². The summed E-state index contributed by atoms with van der Waals surface area (Å²) in [6, 6.07) is 8.13.